The summed E-state index contributed by atoms with van der Waals surface area (Å²) in [6.45, 7) is 4.51. The van der Waals surface area contributed by atoms with Crippen molar-refractivity contribution in [3.8, 4) is 0 Å². The molecule has 0 aliphatic carbocycles. The molecule has 1 fully saturated rings. The van der Waals surface area contributed by atoms with E-state index in [0.29, 0.717) is 19.4 Å². The number of hydrogen-bond acceptors (Lipinski definition) is 3. The Morgan fingerprint density at radius 2 is 2.16 bits per heavy atom. The molecule has 104 valence electrons. The second-order valence-corrected chi connectivity index (χ2v) is 5.88. The molecule has 4 heteroatoms. The molecule has 0 saturated carbocycles. The number of aryl methyl sites for hydroxylation is 1. The van der Waals surface area contributed by atoms with Crippen molar-refractivity contribution in [1.82, 2.24) is 9.88 Å². The second-order valence-electron chi connectivity index (χ2n) is 5.88. The number of aromatic nitrogens is 1. The van der Waals surface area contributed by atoms with Gasteiger partial charge < -0.3 is 10.0 Å². The van der Waals surface area contributed by atoms with Crippen molar-refractivity contribution in [2.75, 3.05) is 6.54 Å². The average Bonchev–Trinajstić information content (AvgIpc) is 2.64. The Balaban J connectivity index is 1.82. The van der Waals surface area contributed by atoms with Crippen molar-refractivity contribution < 1.29 is 9.90 Å². The molecule has 1 amide bonds. The second kappa shape index (κ2) is 5.70. The lowest BCUT2D eigenvalue weighted by Gasteiger charge is -2.31. The highest BCUT2D eigenvalue weighted by molar-refractivity contribution is 5.77. The maximum absolute atomic E-state index is 12.2. The first kappa shape index (κ1) is 14.0. The van der Waals surface area contributed by atoms with Crippen LogP contribution in [0.4, 0.5) is 0 Å². The molecule has 0 bridgehead atoms. The van der Waals surface area contributed by atoms with Crippen molar-refractivity contribution in [3.05, 3.63) is 30.1 Å². The molecule has 0 spiro atoms. The van der Waals surface area contributed by atoms with Gasteiger partial charge in [-0.1, -0.05) is 0 Å². The molecular formula is C15H22N2O2. The van der Waals surface area contributed by atoms with Crippen molar-refractivity contribution >= 4 is 5.91 Å². The molecule has 1 unspecified atom stereocenters. The third-order valence-electron chi connectivity index (χ3n) is 3.77. The van der Waals surface area contributed by atoms with Gasteiger partial charge in [-0.2, -0.15) is 0 Å². The van der Waals surface area contributed by atoms with Crippen LogP contribution in [0.2, 0.25) is 0 Å². The maximum atomic E-state index is 12.2. The number of aliphatic hydroxyl groups excluding tert-OH is 1. The smallest absolute Gasteiger partial charge is 0.223 e. The standard InChI is InChI=1S/C15H22N2O2/c1-15(2)10-13(18)11-17(15)14(19)5-3-4-12-6-8-16-9-7-12/h6-9,13,18H,3-5,10-11H2,1-2H3. The molecule has 1 aromatic rings. The summed E-state index contributed by atoms with van der Waals surface area (Å²) in [5, 5.41) is 9.69. The zero-order valence-corrected chi connectivity index (χ0v) is 11.7. The highest BCUT2D eigenvalue weighted by atomic mass is 16.3. The lowest BCUT2D eigenvalue weighted by molar-refractivity contribution is -0.134. The number of hydrogen-bond donors (Lipinski definition) is 1. The van der Waals surface area contributed by atoms with Crippen molar-refractivity contribution in [2.45, 2.75) is 51.2 Å². The molecule has 4 nitrogen and oxygen atoms in total. The molecule has 0 aromatic carbocycles. The summed E-state index contributed by atoms with van der Waals surface area (Å²) in [5.74, 6) is 0.149. The summed E-state index contributed by atoms with van der Waals surface area (Å²) in [5.41, 5.74) is 0.996. The van der Waals surface area contributed by atoms with E-state index < -0.39 is 0 Å². The van der Waals surface area contributed by atoms with Crippen molar-refractivity contribution in [2.24, 2.45) is 0 Å². The van der Waals surface area contributed by atoms with E-state index in [4.69, 9.17) is 0 Å². The molecule has 19 heavy (non-hydrogen) atoms. The van der Waals surface area contributed by atoms with Gasteiger partial charge in [0.05, 0.1) is 6.10 Å². The Morgan fingerprint density at radius 1 is 1.47 bits per heavy atom. The SMILES string of the molecule is CC1(C)CC(O)CN1C(=O)CCCc1ccncc1. The summed E-state index contributed by atoms with van der Waals surface area (Å²) in [7, 11) is 0. The molecule has 2 heterocycles. The summed E-state index contributed by atoms with van der Waals surface area (Å²) >= 11 is 0. The number of nitrogens with zero attached hydrogens (tertiary/aromatic N) is 2. The Labute approximate surface area is 114 Å². The van der Waals surface area contributed by atoms with Crippen LogP contribution < -0.4 is 0 Å². The molecule has 1 N–H and O–H groups in total. The average molecular weight is 262 g/mol. The van der Waals surface area contributed by atoms with Gasteiger partial charge in [0, 0.05) is 30.9 Å². The number of likely N-dealkylation sites (tertiary alicyclic amines) is 1. The van der Waals surface area contributed by atoms with Crippen molar-refractivity contribution in [1.29, 1.82) is 0 Å². The number of pyridine rings is 1. The Hall–Kier alpha value is -1.42. The minimum atomic E-state index is -0.376. The predicted octanol–water partition coefficient (Wildman–Crippen LogP) is 1.78. The van der Waals surface area contributed by atoms with Gasteiger partial charge >= 0.3 is 0 Å². The Bertz CT molecular complexity index is 431. The van der Waals surface area contributed by atoms with Gasteiger partial charge in [-0.25, -0.2) is 0 Å². The summed E-state index contributed by atoms with van der Waals surface area (Å²) in [6, 6.07) is 3.96. The van der Waals surface area contributed by atoms with E-state index in [-0.39, 0.29) is 17.6 Å². The van der Waals surface area contributed by atoms with E-state index in [0.717, 1.165) is 12.8 Å². The van der Waals surface area contributed by atoms with Gasteiger partial charge in [0.2, 0.25) is 5.91 Å². The largest absolute Gasteiger partial charge is 0.391 e. The fourth-order valence-corrected chi connectivity index (χ4v) is 2.78. The molecule has 1 aliphatic heterocycles. The number of β-amino-alcohol motifs (C(OH)–C–C–N with tert-alkyl or cyclic N) is 1. The van der Waals surface area contributed by atoms with Gasteiger partial charge in [-0.05, 0) is 50.8 Å². The van der Waals surface area contributed by atoms with E-state index in [1.807, 2.05) is 30.9 Å². The highest BCUT2D eigenvalue weighted by Crippen LogP contribution is 2.29. The summed E-state index contributed by atoms with van der Waals surface area (Å²) in [6.07, 6.45) is 6.12. The van der Waals surface area contributed by atoms with Gasteiger partial charge in [0.15, 0.2) is 0 Å². The fraction of sp³-hybridized carbons (Fsp3) is 0.600. The first-order valence-electron chi connectivity index (χ1n) is 6.86. The van der Waals surface area contributed by atoms with Crippen LogP contribution in [0.25, 0.3) is 0 Å². The van der Waals surface area contributed by atoms with Gasteiger partial charge in [0.1, 0.15) is 0 Å². The normalized spacial score (nSPS) is 21.6. The Morgan fingerprint density at radius 3 is 2.74 bits per heavy atom. The minimum Gasteiger partial charge on any atom is -0.391 e. The molecule has 1 saturated heterocycles. The van der Waals surface area contributed by atoms with Crippen LogP contribution in [0.15, 0.2) is 24.5 Å². The van der Waals surface area contributed by atoms with Crippen LogP contribution in [-0.4, -0.2) is 39.1 Å². The highest BCUT2D eigenvalue weighted by Gasteiger charge is 2.39. The molecule has 0 radical (unpaired) electrons. The quantitative estimate of drug-likeness (QED) is 0.900. The monoisotopic (exact) mass is 262 g/mol. The first-order chi connectivity index (χ1) is 8.99. The first-order valence-corrected chi connectivity index (χ1v) is 6.86. The molecule has 1 aliphatic rings. The number of aliphatic hydroxyl groups is 1. The van der Waals surface area contributed by atoms with Crippen molar-refractivity contribution in [3.63, 3.8) is 0 Å². The predicted molar refractivity (Wildman–Crippen MR) is 73.6 cm³/mol. The molecule has 1 aromatic heterocycles. The van der Waals surface area contributed by atoms with Gasteiger partial charge in [-0.3, -0.25) is 9.78 Å². The van der Waals surface area contributed by atoms with Crippen LogP contribution in [0.1, 0.15) is 38.7 Å². The van der Waals surface area contributed by atoms with E-state index in [1.165, 1.54) is 5.56 Å². The zero-order valence-electron chi connectivity index (χ0n) is 11.7. The van der Waals surface area contributed by atoms with E-state index in [1.54, 1.807) is 12.4 Å². The fourth-order valence-electron chi connectivity index (χ4n) is 2.78. The topological polar surface area (TPSA) is 53.4 Å². The van der Waals surface area contributed by atoms with E-state index in [9.17, 15) is 9.90 Å². The number of amides is 1. The van der Waals surface area contributed by atoms with Gasteiger partial charge in [0.25, 0.3) is 0 Å². The summed E-state index contributed by atoms with van der Waals surface area (Å²) < 4.78 is 0. The lowest BCUT2D eigenvalue weighted by atomic mass is 10.0. The van der Waals surface area contributed by atoms with E-state index in [2.05, 4.69) is 4.98 Å². The number of rotatable bonds is 4. The van der Waals surface area contributed by atoms with Crippen LogP contribution >= 0.6 is 0 Å². The van der Waals surface area contributed by atoms with E-state index >= 15 is 0 Å². The lowest BCUT2D eigenvalue weighted by Crippen LogP contribution is -2.42. The van der Waals surface area contributed by atoms with Crippen LogP contribution in [-0.2, 0) is 11.2 Å². The molecule has 1 atom stereocenters. The van der Waals surface area contributed by atoms with Crippen LogP contribution in [0.3, 0.4) is 0 Å². The van der Waals surface area contributed by atoms with Crippen LogP contribution in [0, 0.1) is 0 Å². The maximum Gasteiger partial charge on any atom is 0.223 e. The number of carbonyl (C=O) groups is 1. The molecule has 2 rings (SSSR count). The van der Waals surface area contributed by atoms with Gasteiger partial charge in [-0.15, -0.1) is 0 Å². The summed E-state index contributed by atoms with van der Waals surface area (Å²) in [4.78, 5) is 18.0. The Kier molecular flexibility index (Phi) is 4.20. The third-order valence-corrected chi connectivity index (χ3v) is 3.77. The van der Waals surface area contributed by atoms with Crippen LogP contribution in [0.5, 0.6) is 0 Å². The molecular weight excluding hydrogens is 240 g/mol. The zero-order chi connectivity index (χ0) is 13.9. The minimum absolute atomic E-state index is 0.149. The third kappa shape index (κ3) is 3.53. The number of carbonyl (C=O) groups excluding carboxylic acids is 1.